The minimum atomic E-state index is -0.153. The lowest BCUT2D eigenvalue weighted by molar-refractivity contribution is 0.0794. The first-order valence-corrected chi connectivity index (χ1v) is 9.16. The molecule has 1 amide bonds. The molecular formula is C22H21N5O. The Morgan fingerprint density at radius 2 is 2.21 bits per heavy atom. The molecule has 28 heavy (non-hydrogen) atoms. The Balaban J connectivity index is 1.87. The SMILES string of the molecule is C=C(C#N)CN1Cc2c(-c3cc(C(C)C)c4[nH]ncc4c3)ccc(N)c2C1=O. The summed E-state index contributed by atoms with van der Waals surface area (Å²) < 4.78 is 0. The van der Waals surface area contributed by atoms with E-state index in [-0.39, 0.29) is 12.5 Å². The third kappa shape index (κ3) is 2.72. The molecule has 0 saturated heterocycles. The maximum atomic E-state index is 12.9. The predicted molar refractivity (Wildman–Crippen MR) is 110 cm³/mol. The second-order valence-corrected chi connectivity index (χ2v) is 7.49. The van der Waals surface area contributed by atoms with Crippen LogP contribution in [0.5, 0.6) is 0 Å². The number of anilines is 1. The van der Waals surface area contributed by atoms with Gasteiger partial charge in [-0.25, -0.2) is 0 Å². The molecule has 6 heteroatoms. The van der Waals surface area contributed by atoms with E-state index in [2.05, 4.69) is 42.8 Å². The quantitative estimate of drug-likeness (QED) is 0.535. The molecule has 0 spiro atoms. The highest BCUT2D eigenvalue weighted by molar-refractivity contribution is 6.05. The first-order chi connectivity index (χ1) is 13.4. The number of aromatic amines is 1. The Kier molecular flexibility index (Phi) is 4.16. The average Bonchev–Trinajstić information content (AvgIpc) is 3.26. The molecule has 1 aromatic heterocycles. The van der Waals surface area contributed by atoms with Crippen molar-refractivity contribution >= 4 is 22.5 Å². The highest BCUT2D eigenvalue weighted by atomic mass is 16.2. The van der Waals surface area contributed by atoms with Crippen LogP contribution in [0.1, 0.15) is 41.3 Å². The summed E-state index contributed by atoms with van der Waals surface area (Å²) in [6, 6.07) is 9.99. The number of nitrogens with zero attached hydrogens (tertiary/aromatic N) is 3. The first kappa shape index (κ1) is 17.8. The van der Waals surface area contributed by atoms with Crippen molar-refractivity contribution in [1.82, 2.24) is 15.1 Å². The molecule has 0 aliphatic carbocycles. The Labute approximate surface area is 163 Å². The van der Waals surface area contributed by atoms with Crippen molar-refractivity contribution in [1.29, 1.82) is 5.26 Å². The van der Waals surface area contributed by atoms with Crippen molar-refractivity contribution in [2.24, 2.45) is 0 Å². The number of carbonyl (C=O) groups is 1. The monoisotopic (exact) mass is 371 g/mol. The van der Waals surface area contributed by atoms with Crippen molar-refractivity contribution in [3.63, 3.8) is 0 Å². The molecule has 0 atom stereocenters. The number of amides is 1. The van der Waals surface area contributed by atoms with E-state index < -0.39 is 0 Å². The number of fused-ring (bicyclic) bond motifs is 2. The zero-order chi connectivity index (χ0) is 20.0. The van der Waals surface area contributed by atoms with Gasteiger partial charge >= 0.3 is 0 Å². The van der Waals surface area contributed by atoms with E-state index in [1.165, 1.54) is 5.56 Å². The molecule has 2 heterocycles. The smallest absolute Gasteiger partial charge is 0.256 e. The number of benzene rings is 2. The van der Waals surface area contributed by atoms with Gasteiger partial charge in [-0.1, -0.05) is 26.5 Å². The van der Waals surface area contributed by atoms with Gasteiger partial charge in [0.15, 0.2) is 0 Å². The zero-order valence-electron chi connectivity index (χ0n) is 15.9. The molecule has 0 radical (unpaired) electrons. The van der Waals surface area contributed by atoms with Crippen LogP contribution in [0.4, 0.5) is 5.69 Å². The average molecular weight is 371 g/mol. The number of nitrogen functional groups attached to an aromatic ring is 1. The fourth-order valence-corrected chi connectivity index (χ4v) is 3.86. The molecule has 0 unspecified atom stereocenters. The molecule has 3 aromatic rings. The molecule has 4 rings (SSSR count). The maximum absolute atomic E-state index is 12.9. The van der Waals surface area contributed by atoms with Crippen LogP contribution in [0.3, 0.4) is 0 Å². The summed E-state index contributed by atoms with van der Waals surface area (Å²) in [6.07, 6.45) is 1.82. The van der Waals surface area contributed by atoms with E-state index in [0.29, 0.717) is 29.3 Å². The van der Waals surface area contributed by atoms with Crippen molar-refractivity contribution in [3.8, 4) is 17.2 Å². The van der Waals surface area contributed by atoms with E-state index in [1.807, 2.05) is 18.3 Å². The van der Waals surface area contributed by atoms with Crippen LogP contribution in [-0.2, 0) is 6.54 Å². The standard InChI is InChI=1S/C22H21N5O/c1-12(2)17-7-14(6-15-9-25-26-21(15)17)16-4-5-19(24)20-18(16)11-27(22(20)28)10-13(3)8-23/h4-7,9,12H,3,10-11,24H2,1-2H3,(H,25,26). The molecule has 6 nitrogen and oxygen atoms in total. The van der Waals surface area contributed by atoms with E-state index in [4.69, 9.17) is 11.0 Å². The van der Waals surface area contributed by atoms with E-state index >= 15 is 0 Å². The van der Waals surface area contributed by atoms with Crippen molar-refractivity contribution in [2.45, 2.75) is 26.3 Å². The minimum absolute atomic E-state index is 0.153. The van der Waals surface area contributed by atoms with Gasteiger partial charge < -0.3 is 10.6 Å². The Morgan fingerprint density at radius 3 is 2.93 bits per heavy atom. The summed E-state index contributed by atoms with van der Waals surface area (Å²) in [5, 5.41) is 17.3. The lowest BCUT2D eigenvalue weighted by atomic mass is 9.91. The summed E-state index contributed by atoms with van der Waals surface area (Å²) in [7, 11) is 0. The van der Waals surface area contributed by atoms with Gasteiger partial charge in [-0.2, -0.15) is 10.4 Å². The third-order valence-electron chi connectivity index (χ3n) is 5.25. The highest BCUT2D eigenvalue weighted by Gasteiger charge is 2.32. The lowest BCUT2D eigenvalue weighted by Gasteiger charge is -2.15. The number of H-pyrrole nitrogens is 1. The summed E-state index contributed by atoms with van der Waals surface area (Å²) in [6.45, 7) is 8.61. The number of nitrogens with one attached hydrogen (secondary N) is 1. The molecular weight excluding hydrogens is 350 g/mol. The minimum Gasteiger partial charge on any atom is -0.398 e. The van der Waals surface area contributed by atoms with E-state index in [0.717, 1.165) is 27.6 Å². The second-order valence-electron chi connectivity index (χ2n) is 7.49. The molecule has 1 aliphatic heterocycles. The van der Waals surface area contributed by atoms with Gasteiger partial charge in [-0.05, 0) is 46.4 Å². The number of nitriles is 1. The van der Waals surface area contributed by atoms with Crippen LogP contribution >= 0.6 is 0 Å². The number of hydrogen-bond acceptors (Lipinski definition) is 4. The van der Waals surface area contributed by atoms with Crippen LogP contribution in [0.15, 0.2) is 42.6 Å². The van der Waals surface area contributed by atoms with Crippen LogP contribution in [0.25, 0.3) is 22.0 Å². The molecule has 3 N–H and O–H groups in total. The van der Waals surface area contributed by atoms with Crippen LogP contribution in [-0.4, -0.2) is 27.5 Å². The summed E-state index contributed by atoms with van der Waals surface area (Å²) in [5.41, 5.74) is 12.6. The zero-order valence-corrected chi connectivity index (χ0v) is 15.9. The Morgan fingerprint density at radius 1 is 1.43 bits per heavy atom. The number of nitrogens with two attached hydrogens (primary N) is 1. The fourth-order valence-electron chi connectivity index (χ4n) is 3.86. The summed E-state index contributed by atoms with van der Waals surface area (Å²) >= 11 is 0. The number of aromatic nitrogens is 2. The Bertz CT molecular complexity index is 1170. The van der Waals surface area contributed by atoms with Gasteiger partial charge in [0, 0.05) is 23.2 Å². The maximum Gasteiger partial charge on any atom is 0.256 e. The third-order valence-corrected chi connectivity index (χ3v) is 5.25. The van der Waals surface area contributed by atoms with Gasteiger partial charge in [0.05, 0.1) is 29.9 Å². The number of carbonyl (C=O) groups excluding carboxylic acids is 1. The van der Waals surface area contributed by atoms with E-state index in [1.54, 1.807) is 11.0 Å². The number of hydrogen-bond donors (Lipinski definition) is 2. The highest BCUT2D eigenvalue weighted by Crippen LogP contribution is 2.38. The van der Waals surface area contributed by atoms with Gasteiger partial charge in [0.1, 0.15) is 0 Å². The van der Waals surface area contributed by atoms with Crippen molar-refractivity contribution in [3.05, 3.63) is 59.3 Å². The first-order valence-electron chi connectivity index (χ1n) is 9.16. The number of rotatable bonds is 4. The van der Waals surface area contributed by atoms with Crippen LogP contribution in [0, 0.1) is 11.3 Å². The normalized spacial score (nSPS) is 13.2. The largest absolute Gasteiger partial charge is 0.398 e. The molecule has 0 bridgehead atoms. The van der Waals surface area contributed by atoms with Crippen molar-refractivity contribution in [2.75, 3.05) is 12.3 Å². The predicted octanol–water partition coefficient (Wildman–Crippen LogP) is 3.97. The second kappa shape index (κ2) is 6.54. The van der Waals surface area contributed by atoms with Crippen molar-refractivity contribution < 1.29 is 4.79 Å². The van der Waals surface area contributed by atoms with Gasteiger partial charge in [-0.15, -0.1) is 0 Å². The van der Waals surface area contributed by atoms with E-state index in [9.17, 15) is 4.79 Å². The molecule has 1 aliphatic rings. The van der Waals surface area contributed by atoms with Gasteiger partial charge in [-0.3, -0.25) is 9.89 Å². The topological polar surface area (TPSA) is 98.8 Å². The molecule has 0 saturated carbocycles. The lowest BCUT2D eigenvalue weighted by Crippen LogP contribution is -2.26. The van der Waals surface area contributed by atoms with Crippen LogP contribution < -0.4 is 5.73 Å². The summed E-state index contributed by atoms with van der Waals surface area (Å²) in [4.78, 5) is 14.5. The molecule has 140 valence electrons. The molecule has 0 fully saturated rings. The van der Waals surface area contributed by atoms with Gasteiger partial charge in [0.2, 0.25) is 0 Å². The summed E-state index contributed by atoms with van der Waals surface area (Å²) in [5.74, 6) is 0.168. The van der Waals surface area contributed by atoms with Crippen LogP contribution in [0.2, 0.25) is 0 Å². The van der Waals surface area contributed by atoms with Gasteiger partial charge in [0.25, 0.3) is 5.91 Å². The Hall–Kier alpha value is -3.59. The molecule has 2 aromatic carbocycles. The fraction of sp³-hybridized carbons (Fsp3) is 0.227.